The van der Waals surface area contributed by atoms with Crippen molar-refractivity contribution in [2.24, 2.45) is 7.05 Å². The Balaban J connectivity index is 2.52. The molecule has 78 valence electrons. The van der Waals surface area contributed by atoms with Gasteiger partial charge in [0, 0.05) is 0 Å². The Kier molecular flexibility index (Phi) is 2.54. The molecule has 1 aromatic carbocycles. The molecule has 1 aromatic heterocycles. The Morgan fingerprint density at radius 3 is 2.53 bits per heavy atom. The molecule has 0 unspecified atom stereocenters. The van der Waals surface area contributed by atoms with Crippen LogP contribution in [-0.4, -0.2) is 4.57 Å². The molecule has 0 fully saturated rings. The Morgan fingerprint density at radius 1 is 1.27 bits per heavy atom. The van der Waals surface area contributed by atoms with E-state index in [9.17, 15) is 4.39 Å². The fraction of sp³-hybridized carbons (Fsp3) is 0.250. The van der Waals surface area contributed by atoms with E-state index in [1.807, 2.05) is 24.0 Å². The van der Waals surface area contributed by atoms with Crippen LogP contribution in [-0.2, 0) is 13.6 Å². The first-order valence-electron chi connectivity index (χ1n) is 5.03. The average Bonchev–Trinajstić information content (AvgIpc) is 2.61. The van der Waals surface area contributed by atoms with Crippen LogP contribution in [0.1, 0.15) is 6.92 Å². The number of imidazole rings is 1. The van der Waals surface area contributed by atoms with Gasteiger partial charge in [0.25, 0.3) is 5.82 Å². The van der Waals surface area contributed by atoms with Crippen LogP contribution < -0.4 is 4.57 Å². The zero-order valence-electron chi connectivity index (χ0n) is 8.94. The second-order valence-corrected chi connectivity index (χ2v) is 3.53. The predicted molar refractivity (Wildman–Crippen MR) is 56.7 cm³/mol. The van der Waals surface area contributed by atoms with E-state index in [2.05, 4.69) is 11.5 Å². The van der Waals surface area contributed by atoms with E-state index >= 15 is 0 Å². The lowest BCUT2D eigenvalue weighted by molar-refractivity contribution is -0.659. The minimum absolute atomic E-state index is 0.198. The second-order valence-electron chi connectivity index (χ2n) is 3.53. The zero-order valence-corrected chi connectivity index (χ0v) is 8.94. The van der Waals surface area contributed by atoms with E-state index in [0.717, 1.165) is 17.9 Å². The van der Waals surface area contributed by atoms with Crippen LogP contribution in [0.2, 0.25) is 0 Å². The number of nitrogens with zero attached hydrogens (tertiary/aromatic N) is 2. The average molecular weight is 205 g/mol. The van der Waals surface area contributed by atoms with Gasteiger partial charge in [0.1, 0.15) is 18.2 Å². The van der Waals surface area contributed by atoms with Gasteiger partial charge in [0.05, 0.1) is 19.2 Å². The molecule has 2 rings (SSSR count). The van der Waals surface area contributed by atoms with Gasteiger partial charge < -0.3 is 0 Å². The van der Waals surface area contributed by atoms with E-state index in [1.54, 1.807) is 12.1 Å². The summed E-state index contributed by atoms with van der Waals surface area (Å²) in [5, 5.41) is 0. The molecule has 0 atom stereocenters. The number of benzene rings is 1. The van der Waals surface area contributed by atoms with Gasteiger partial charge in [-0.1, -0.05) is 0 Å². The van der Waals surface area contributed by atoms with Crippen molar-refractivity contribution >= 4 is 0 Å². The lowest BCUT2D eigenvalue weighted by atomic mass is 10.2. The number of hydrogen-bond acceptors (Lipinski definition) is 0. The van der Waals surface area contributed by atoms with Crippen molar-refractivity contribution in [3.63, 3.8) is 0 Å². The minimum atomic E-state index is -0.198. The van der Waals surface area contributed by atoms with Crippen LogP contribution in [0.4, 0.5) is 4.39 Å². The molecule has 1 heterocycles. The molecule has 0 spiro atoms. The minimum Gasteiger partial charge on any atom is -0.233 e. The van der Waals surface area contributed by atoms with Crippen LogP contribution in [0.3, 0.4) is 0 Å². The van der Waals surface area contributed by atoms with Crippen molar-refractivity contribution in [1.82, 2.24) is 4.57 Å². The highest BCUT2D eigenvalue weighted by molar-refractivity contribution is 5.52. The van der Waals surface area contributed by atoms with Gasteiger partial charge in [-0.2, -0.15) is 0 Å². The van der Waals surface area contributed by atoms with Gasteiger partial charge in [0.2, 0.25) is 0 Å². The molecule has 0 aliphatic rings. The fourth-order valence-corrected chi connectivity index (χ4v) is 1.75. The van der Waals surface area contributed by atoms with E-state index in [4.69, 9.17) is 0 Å². The molecule has 0 aliphatic heterocycles. The molecule has 0 bridgehead atoms. The van der Waals surface area contributed by atoms with Gasteiger partial charge in [-0.25, -0.2) is 13.5 Å². The Hall–Kier alpha value is -1.64. The molecule has 2 aromatic rings. The summed E-state index contributed by atoms with van der Waals surface area (Å²) in [7, 11) is 1.99. The van der Waals surface area contributed by atoms with Crippen LogP contribution in [0.5, 0.6) is 0 Å². The Morgan fingerprint density at radius 2 is 1.93 bits per heavy atom. The molecule has 0 radical (unpaired) electrons. The zero-order chi connectivity index (χ0) is 10.8. The molecular formula is C12H14FN2+. The maximum absolute atomic E-state index is 12.8. The van der Waals surface area contributed by atoms with Crippen molar-refractivity contribution in [1.29, 1.82) is 0 Å². The summed E-state index contributed by atoms with van der Waals surface area (Å²) in [6, 6.07) is 6.58. The summed E-state index contributed by atoms with van der Waals surface area (Å²) >= 11 is 0. The molecule has 2 nitrogen and oxygen atoms in total. The van der Waals surface area contributed by atoms with Crippen LogP contribution in [0.15, 0.2) is 36.7 Å². The number of hydrogen-bond donors (Lipinski definition) is 0. The fourth-order valence-electron chi connectivity index (χ4n) is 1.75. The largest absolute Gasteiger partial charge is 0.288 e. The van der Waals surface area contributed by atoms with E-state index < -0.39 is 0 Å². The highest BCUT2D eigenvalue weighted by Gasteiger charge is 2.15. The lowest BCUT2D eigenvalue weighted by Crippen LogP contribution is -2.29. The Bertz CT molecular complexity index is 457. The monoisotopic (exact) mass is 205 g/mol. The summed E-state index contributed by atoms with van der Waals surface area (Å²) < 4.78 is 17.0. The van der Waals surface area contributed by atoms with Crippen molar-refractivity contribution in [3.05, 3.63) is 42.5 Å². The lowest BCUT2D eigenvalue weighted by Gasteiger charge is -2.00. The number of aryl methyl sites for hydroxylation is 2. The molecule has 3 heteroatoms. The van der Waals surface area contributed by atoms with Gasteiger partial charge in [0.15, 0.2) is 0 Å². The first-order valence-corrected chi connectivity index (χ1v) is 5.03. The third-order valence-corrected chi connectivity index (χ3v) is 2.52. The van der Waals surface area contributed by atoms with Crippen molar-refractivity contribution in [2.75, 3.05) is 0 Å². The molecule has 0 aliphatic carbocycles. The van der Waals surface area contributed by atoms with Gasteiger partial charge in [-0.05, 0) is 31.2 Å². The molecule has 0 saturated carbocycles. The maximum Gasteiger partial charge on any atom is 0.288 e. The summed E-state index contributed by atoms with van der Waals surface area (Å²) in [5.74, 6) is 0.897. The van der Waals surface area contributed by atoms with Crippen molar-refractivity contribution in [3.8, 4) is 11.4 Å². The number of rotatable bonds is 2. The topological polar surface area (TPSA) is 8.81 Å². The predicted octanol–water partition coefficient (Wildman–Crippen LogP) is 2.14. The normalized spacial score (nSPS) is 10.6. The van der Waals surface area contributed by atoms with Crippen LogP contribution >= 0.6 is 0 Å². The maximum atomic E-state index is 12.8. The molecule has 0 amide bonds. The molecular weight excluding hydrogens is 191 g/mol. The van der Waals surface area contributed by atoms with E-state index in [-0.39, 0.29) is 5.82 Å². The molecule has 0 N–H and O–H groups in total. The van der Waals surface area contributed by atoms with Gasteiger partial charge in [-0.15, -0.1) is 0 Å². The third kappa shape index (κ3) is 1.77. The van der Waals surface area contributed by atoms with Crippen molar-refractivity contribution in [2.45, 2.75) is 13.5 Å². The van der Waals surface area contributed by atoms with Crippen molar-refractivity contribution < 1.29 is 8.96 Å². The summed E-state index contributed by atoms with van der Waals surface area (Å²) in [5.41, 5.74) is 1.03. The Labute approximate surface area is 88.6 Å². The molecule has 15 heavy (non-hydrogen) atoms. The van der Waals surface area contributed by atoms with Crippen LogP contribution in [0, 0.1) is 5.82 Å². The summed E-state index contributed by atoms with van der Waals surface area (Å²) in [6.45, 7) is 3.00. The molecule has 0 saturated heterocycles. The summed E-state index contributed by atoms with van der Waals surface area (Å²) in [6.07, 6.45) is 4.03. The second kappa shape index (κ2) is 3.85. The van der Waals surface area contributed by atoms with E-state index in [0.29, 0.717) is 0 Å². The SMILES string of the molecule is CCn1cc[n+](C)c1-c1ccc(F)cc1. The van der Waals surface area contributed by atoms with Gasteiger partial charge >= 0.3 is 0 Å². The van der Waals surface area contributed by atoms with Gasteiger partial charge in [-0.3, -0.25) is 0 Å². The third-order valence-electron chi connectivity index (χ3n) is 2.52. The van der Waals surface area contributed by atoms with Crippen LogP contribution in [0.25, 0.3) is 11.4 Å². The first kappa shape index (κ1) is 9.90. The highest BCUT2D eigenvalue weighted by atomic mass is 19.1. The quantitative estimate of drug-likeness (QED) is 0.664. The first-order chi connectivity index (χ1) is 7.22. The standard InChI is InChI=1S/C12H14FN2/c1-3-15-9-8-14(2)12(15)10-4-6-11(13)7-5-10/h4-9H,3H2,1-2H3/q+1. The van der Waals surface area contributed by atoms with E-state index in [1.165, 1.54) is 12.1 Å². The number of aromatic nitrogens is 2. The highest BCUT2D eigenvalue weighted by Crippen LogP contribution is 2.15. The number of halogens is 1. The smallest absolute Gasteiger partial charge is 0.233 e. The summed E-state index contributed by atoms with van der Waals surface area (Å²) in [4.78, 5) is 0.